The summed E-state index contributed by atoms with van der Waals surface area (Å²) in [6.45, 7) is 5.37. The lowest BCUT2D eigenvalue weighted by Gasteiger charge is -2.29. The molecule has 3 fully saturated rings. The molecule has 0 aromatic carbocycles. The van der Waals surface area contributed by atoms with Gasteiger partial charge in [-0.3, -0.25) is 9.69 Å². The minimum absolute atomic E-state index is 0.0184. The van der Waals surface area contributed by atoms with E-state index in [2.05, 4.69) is 23.9 Å². The summed E-state index contributed by atoms with van der Waals surface area (Å²) in [5.41, 5.74) is 1.13. The number of hydrogen-bond acceptors (Lipinski definition) is 8. The summed E-state index contributed by atoms with van der Waals surface area (Å²) < 4.78 is 14.6. The van der Waals surface area contributed by atoms with Gasteiger partial charge in [-0.05, 0) is 19.8 Å². The van der Waals surface area contributed by atoms with Crippen molar-refractivity contribution >= 4 is 29.0 Å². The van der Waals surface area contributed by atoms with Gasteiger partial charge in [0.05, 0.1) is 35.7 Å². The predicted molar refractivity (Wildman–Crippen MR) is 98.2 cm³/mol. The number of aromatic nitrogens is 3. The lowest BCUT2D eigenvalue weighted by Crippen LogP contribution is -2.42. The van der Waals surface area contributed by atoms with Gasteiger partial charge in [0.15, 0.2) is 5.69 Å². The van der Waals surface area contributed by atoms with Crippen LogP contribution in [0.1, 0.15) is 34.0 Å². The van der Waals surface area contributed by atoms with E-state index in [1.54, 1.807) is 11.3 Å². The molecular formula is C17H21N5O2S2. The van der Waals surface area contributed by atoms with E-state index in [0.29, 0.717) is 29.8 Å². The number of ether oxygens (including phenoxy) is 1. The van der Waals surface area contributed by atoms with E-state index in [1.807, 2.05) is 18.5 Å². The van der Waals surface area contributed by atoms with Gasteiger partial charge < -0.3 is 10.1 Å². The molecule has 26 heavy (non-hydrogen) atoms. The number of nitrogens with zero attached hydrogens (tertiary/aromatic N) is 4. The van der Waals surface area contributed by atoms with Gasteiger partial charge in [0.25, 0.3) is 5.91 Å². The van der Waals surface area contributed by atoms with E-state index >= 15 is 0 Å². The van der Waals surface area contributed by atoms with Crippen LogP contribution in [-0.4, -0.2) is 55.9 Å². The van der Waals surface area contributed by atoms with Crippen LogP contribution in [-0.2, 0) is 11.3 Å². The van der Waals surface area contributed by atoms with Crippen LogP contribution in [0, 0.1) is 18.8 Å². The maximum atomic E-state index is 12.4. The zero-order valence-corrected chi connectivity index (χ0v) is 16.2. The van der Waals surface area contributed by atoms with Crippen LogP contribution in [0.3, 0.4) is 0 Å². The first-order chi connectivity index (χ1) is 12.6. The van der Waals surface area contributed by atoms with Gasteiger partial charge in [0.1, 0.15) is 5.01 Å². The molecule has 0 radical (unpaired) electrons. The molecule has 0 unspecified atom stereocenters. The highest BCUT2D eigenvalue weighted by Gasteiger charge is 2.62. The lowest BCUT2D eigenvalue weighted by molar-refractivity contribution is 0.00212. The molecule has 2 aromatic heterocycles. The highest BCUT2D eigenvalue weighted by Crippen LogP contribution is 2.54. The molecule has 5 rings (SSSR count). The van der Waals surface area contributed by atoms with Crippen molar-refractivity contribution in [1.29, 1.82) is 0 Å². The predicted octanol–water partition coefficient (Wildman–Crippen LogP) is 1.71. The van der Waals surface area contributed by atoms with Gasteiger partial charge in [-0.25, -0.2) is 4.98 Å². The lowest BCUT2D eigenvalue weighted by atomic mass is 9.73. The Morgan fingerprint density at radius 1 is 1.50 bits per heavy atom. The van der Waals surface area contributed by atoms with E-state index in [4.69, 9.17) is 4.74 Å². The monoisotopic (exact) mass is 391 g/mol. The van der Waals surface area contributed by atoms with Crippen LogP contribution in [0.25, 0.3) is 0 Å². The molecule has 3 aliphatic rings. The van der Waals surface area contributed by atoms with Gasteiger partial charge in [-0.2, -0.15) is 8.75 Å². The molecule has 9 heteroatoms. The van der Waals surface area contributed by atoms with Crippen LogP contribution in [0.5, 0.6) is 0 Å². The third kappa shape index (κ3) is 2.69. The Morgan fingerprint density at radius 3 is 3.19 bits per heavy atom. The van der Waals surface area contributed by atoms with Crippen molar-refractivity contribution in [2.45, 2.75) is 38.0 Å². The van der Waals surface area contributed by atoms with Gasteiger partial charge in [-0.15, -0.1) is 11.3 Å². The largest absolute Gasteiger partial charge is 0.370 e. The van der Waals surface area contributed by atoms with Gasteiger partial charge in [0, 0.05) is 43.0 Å². The van der Waals surface area contributed by atoms with E-state index < -0.39 is 0 Å². The summed E-state index contributed by atoms with van der Waals surface area (Å²) >= 11 is 2.79. The van der Waals surface area contributed by atoms with Gasteiger partial charge >= 0.3 is 0 Å². The average molecular weight is 392 g/mol. The van der Waals surface area contributed by atoms with Crippen molar-refractivity contribution in [1.82, 2.24) is 23.9 Å². The van der Waals surface area contributed by atoms with Crippen molar-refractivity contribution in [3.63, 3.8) is 0 Å². The number of hydrogen-bond donors (Lipinski definition) is 1. The van der Waals surface area contributed by atoms with Crippen molar-refractivity contribution < 1.29 is 9.53 Å². The average Bonchev–Trinajstić information content (AvgIpc) is 3.40. The highest BCUT2D eigenvalue weighted by atomic mass is 32.1. The smallest absolute Gasteiger partial charge is 0.272 e. The number of carbonyl (C=O) groups excluding carboxylic acids is 1. The van der Waals surface area contributed by atoms with E-state index in [-0.39, 0.29) is 17.6 Å². The Balaban J connectivity index is 1.26. The molecule has 1 spiro atoms. The SMILES string of the molecule is Cc1nsnc1C(=O)NC[C@H]1[C@H]2CN(Cc3nccs3)C[C@]23CC[C@H]1O3. The second kappa shape index (κ2) is 6.33. The van der Waals surface area contributed by atoms with Crippen molar-refractivity contribution in [2.24, 2.45) is 11.8 Å². The van der Waals surface area contributed by atoms with Crippen molar-refractivity contribution in [2.75, 3.05) is 19.6 Å². The molecule has 2 bridgehead atoms. The fourth-order valence-corrected chi connectivity index (χ4v) is 6.14. The zero-order chi connectivity index (χ0) is 17.7. The third-order valence-corrected chi connectivity index (χ3v) is 7.45. The first kappa shape index (κ1) is 16.7. The van der Waals surface area contributed by atoms with Crippen LogP contribution in [0.15, 0.2) is 11.6 Å². The Labute approximate surface area is 160 Å². The van der Waals surface area contributed by atoms with Crippen LogP contribution in [0.4, 0.5) is 0 Å². The normalized spacial score (nSPS) is 32.9. The number of rotatable bonds is 5. The fourth-order valence-electron chi connectivity index (χ4n) is 4.93. The Morgan fingerprint density at radius 2 is 2.42 bits per heavy atom. The summed E-state index contributed by atoms with van der Waals surface area (Å²) in [7, 11) is 0. The second-order valence-corrected chi connectivity index (χ2v) is 9.04. The summed E-state index contributed by atoms with van der Waals surface area (Å²) in [4.78, 5) is 19.3. The molecule has 1 amide bonds. The Hall–Kier alpha value is -1.42. The number of amides is 1. The molecule has 3 aliphatic heterocycles. The van der Waals surface area contributed by atoms with Crippen LogP contribution < -0.4 is 5.32 Å². The standard InChI is InChI=1S/C17H21N5O2S2/c1-10-15(21-26-20-10)16(23)19-6-11-12-7-22(8-14-18-4-5-25-14)9-17(12)3-2-13(11)24-17/h4-5,11-13H,2-3,6-9H2,1H3,(H,19,23)/t11-,12+,13+,17+/m0/s1. The number of nitrogens with one attached hydrogen (secondary N) is 1. The molecule has 3 saturated heterocycles. The summed E-state index contributed by atoms with van der Waals surface area (Å²) in [6, 6.07) is 0. The van der Waals surface area contributed by atoms with Crippen LogP contribution >= 0.6 is 23.1 Å². The first-order valence-electron chi connectivity index (χ1n) is 9.00. The van der Waals surface area contributed by atoms with E-state index in [9.17, 15) is 4.79 Å². The number of thiazole rings is 1. The Kier molecular flexibility index (Phi) is 4.07. The molecular weight excluding hydrogens is 370 g/mol. The molecule has 5 heterocycles. The number of fused-ring (bicyclic) bond motifs is 1. The molecule has 138 valence electrons. The molecule has 2 aromatic rings. The number of aryl methyl sites for hydroxylation is 1. The van der Waals surface area contributed by atoms with Crippen molar-refractivity contribution in [3.8, 4) is 0 Å². The second-order valence-electron chi connectivity index (χ2n) is 7.53. The van der Waals surface area contributed by atoms with E-state index in [1.165, 1.54) is 0 Å². The molecule has 0 saturated carbocycles. The molecule has 0 aliphatic carbocycles. The minimum atomic E-state index is -0.120. The minimum Gasteiger partial charge on any atom is -0.370 e. The van der Waals surface area contributed by atoms with Crippen molar-refractivity contribution in [3.05, 3.63) is 28.0 Å². The topological polar surface area (TPSA) is 80.2 Å². The first-order valence-corrected chi connectivity index (χ1v) is 10.6. The maximum Gasteiger partial charge on any atom is 0.272 e. The Bertz CT molecular complexity index is 810. The molecule has 1 N–H and O–H groups in total. The highest BCUT2D eigenvalue weighted by molar-refractivity contribution is 7.09. The van der Waals surface area contributed by atoms with Gasteiger partial charge in [-0.1, -0.05) is 0 Å². The molecule has 7 nitrogen and oxygen atoms in total. The van der Waals surface area contributed by atoms with Gasteiger partial charge in [0.2, 0.25) is 0 Å². The number of likely N-dealkylation sites (tertiary alicyclic amines) is 1. The molecule has 4 atom stereocenters. The zero-order valence-electron chi connectivity index (χ0n) is 14.6. The third-order valence-electron chi connectivity index (χ3n) is 6.06. The summed E-state index contributed by atoms with van der Waals surface area (Å²) in [6.07, 6.45) is 4.37. The van der Waals surface area contributed by atoms with Crippen LogP contribution in [0.2, 0.25) is 0 Å². The summed E-state index contributed by atoms with van der Waals surface area (Å²) in [5.74, 6) is 0.739. The quantitative estimate of drug-likeness (QED) is 0.836. The summed E-state index contributed by atoms with van der Waals surface area (Å²) in [5, 5.41) is 6.27. The number of carbonyl (C=O) groups is 1. The van der Waals surface area contributed by atoms with E-state index in [0.717, 1.165) is 49.2 Å². The fraction of sp³-hybridized carbons (Fsp3) is 0.647. The maximum absolute atomic E-state index is 12.4.